The maximum atomic E-state index is 2.53. The predicted octanol–water partition coefficient (Wildman–Crippen LogP) is 6.65. The maximum absolute atomic E-state index is 2.53. The van der Waals surface area contributed by atoms with Crippen LogP contribution in [0.4, 0.5) is 0 Å². The van der Waals surface area contributed by atoms with Gasteiger partial charge in [-0.2, -0.15) is 0 Å². The van der Waals surface area contributed by atoms with Crippen LogP contribution in [0.5, 0.6) is 0 Å². The number of rotatable bonds is 12. The molecule has 0 aliphatic rings. The number of hydrogen-bond donors (Lipinski definition) is 0. The monoisotopic (exact) mass is 238 g/mol. The Morgan fingerprint density at radius 1 is 0.647 bits per heavy atom. The number of allylic oxidation sites excluding steroid dienone is 2. The summed E-state index contributed by atoms with van der Waals surface area (Å²) in [6.07, 6.45) is 19.1. The number of unbranched alkanes of at least 4 members (excludes halogenated alkanes) is 7. The molecule has 0 saturated carbocycles. The van der Waals surface area contributed by atoms with E-state index in [1.54, 1.807) is 5.57 Å². The summed E-state index contributed by atoms with van der Waals surface area (Å²) in [5.41, 5.74) is 1.73. The fourth-order valence-electron chi connectivity index (χ4n) is 2.29. The summed E-state index contributed by atoms with van der Waals surface area (Å²) < 4.78 is 0. The van der Waals surface area contributed by atoms with Crippen LogP contribution in [0.1, 0.15) is 97.8 Å². The third-order valence-electron chi connectivity index (χ3n) is 3.41. The second-order valence-electron chi connectivity index (χ2n) is 5.27. The Bertz CT molecular complexity index is 167. The van der Waals surface area contributed by atoms with Crippen LogP contribution in [0.2, 0.25) is 0 Å². The molecule has 0 amide bonds. The van der Waals surface area contributed by atoms with Gasteiger partial charge >= 0.3 is 0 Å². The van der Waals surface area contributed by atoms with E-state index >= 15 is 0 Å². The van der Waals surface area contributed by atoms with E-state index in [0.717, 1.165) is 0 Å². The Hall–Kier alpha value is -0.260. The van der Waals surface area contributed by atoms with E-state index < -0.39 is 0 Å². The Balaban J connectivity index is 3.58. The van der Waals surface area contributed by atoms with Crippen molar-refractivity contribution in [3.8, 4) is 0 Å². The molecule has 0 rings (SSSR count). The Labute approximate surface area is 110 Å². The van der Waals surface area contributed by atoms with Crippen molar-refractivity contribution >= 4 is 0 Å². The third-order valence-corrected chi connectivity index (χ3v) is 3.41. The molecular weight excluding hydrogens is 204 g/mol. The Morgan fingerprint density at radius 3 is 1.94 bits per heavy atom. The van der Waals surface area contributed by atoms with Gasteiger partial charge in [0.1, 0.15) is 0 Å². The molecule has 0 N–H and O–H groups in total. The minimum Gasteiger partial charge on any atom is -0.0853 e. The SMILES string of the molecule is CCCC/C=C(\CCC)CCCCCCCC. The first-order chi connectivity index (χ1) is 8.35. The van der Waals surface area contributed by atoms with E-state index in [0.29, 0.717) is 0 Å². The zero-order chi connectivity index (χ0) is 12.8. The van der Waals surface area contributed by atoms with Crippen molar-refractivity contribution in [2.75, 3.05) is 0 Å². The van der Waals surface area contributed by atoms with E-state index in [1.165, 1.54) is 77.0 Å². The minimum atomic E-state index is 1.31. The zero-order valence-corrected chi connectivity index (χ0v) is 12.6. The maximum Gasteiger partial charge on any atom is -0.0320 e. The predicted molar refractivity (Wildman–Crippen MR) is 80.5 cm³/mol. The van der Waals surface area contributed by atoms with E-state index in [1.807, 2.05) is 0 Å². The van der Waals surface area contributed by atoms with Crippen LogP contribution in [-0.2, 0) is 0 Å². The van der Waals surface area contributed by atoms with E-state index in [-0.39, 0.29) is 0 Å². The molecule has 0 aliphatic heterocycles. The summed E-state index contributed by atoms with van der Waals surface area (Å²) >= 11 is 0. The van der Waals surface area contributed by atoms with E-state index in [4.69, 9.17) is 0 Å². The molecule has 0 heteroatoms. The van der Waals surface area contributed by atoms with Gasteiger partial charge in [0.15, 0.2) is 0 Å². The molecule has 0 saturated heterocycles. The normalized spacial score (nSPS) is 12.1. The molecule has 0 heterocycles. The summed E-state index contributed by atoms with van der Waals surface area (Å²) in [6, 6.07) is 0. The molecule has 102 valence electrons. The molecular formula is C17H34. The van der Waals surface area contributed by atoms with Crippen LogP contribution in [0.15, 0.2) is 11.6 Å². The van der Waals surface area contributed by atoms with Crippen LogP contribution in [-0.4, -0.2) is 0 Å². The molecule has 0 aliphatic carbocycles. The first-order valence-electron chi connectivity index (χ1n) is 8.03. The van der Waals surface area contributed by atoms with Gasteiger partial charge in [-0.25, -0.2) is 0 Å². The van der Waals surface area contributed by atoms with Crippen molar-refractivity contribution in [2.24, 2.45) is 0 Å². The highest BCUT2D eigenvalue weighted by atomic mass is 14.0. The smallest absolute Gasteiger partial charge is 0.0320 e. The van der Waals surface area contributed by atoms with E-state index in [2.05, 4.69) is 26.8 Å². The van der Waals surface area contributed by atoms with E-state index in [9.17, 15) is 0 Å². The molecule has 0 unspecified atom stereocenters. The minimum absolute atomic E-state index is 1.31. The average Bonchev–Trinajstić information content (AvgIpc) is 2.34. The van der Waals surface area contributed by atoms with Crippen molar-refractivity contribution in [1.82, 2.24) is 0 Å². The Morgan fingerprint density at radius 2 is 1.29 bits per heavy atom. The molecule has 0 aromatic rings. The van der Waals surface area contributed by atoms with Gasteiger partial charge in [-0.1, -0.05) is 83.8 Å². The average molecular weight is 238 g/mol. The van der Waals surface area contributed by atoms with Gasteiger partial charge in [-0.05, 0) is 25.7 Å². The van der Waals surface area contributed by atoms with Crippen LogP contribution < -0.4 is 0 Å². The van der Waals surface area contributed by atoms with Gasteiger partial charge in [0.2, 0.25) is 0 Å². The van der Waals surface area contributed by atoms with Gasteiger partial charge in [-0.15, -0.1) is 0 Å². The highest BCUT2D eigenvalue weighted by molar-refractivity contribution is 5.01. The highest BCUT2D eigenvalue weighted by Gasteiger charge is 1.97. The van der Waals surface area contributed by atoms with Gasteiger partial charge in [0.05, 0.1) is 0 Å². The fourth-order valence-corrected chi connectivity index (χ4v) is 2.29. The van der Waals surface area contributed by atoms with Gasteiger partial charge in [0, 0.05) is 0 Å². The first-order valence-corrected chi connectivity index (χ1v) is 8.03. The van der Waals surface area contributed by atoms with Gasteiger partial charge in [0.25, 0.3) is 0 Å². The van der Waals surface area contributed by atoms with Crippen molar-refractivity contribution in [1.29, 1.82) is 0 Å². The molecule has 0 bridgehead atoms. The summed E-state index contributed by atoms with van der Waals surface area (Å²) in [7, 11) is 0. The largest absolute Gasteiger partial charge is 0.0853 e. The lowest BCUT2D eigenvalue weighted by molar-refractivity contribution is 0.600. The lowest BCUT2D eigenvalue weighted by atomic mass is 10.0. The zero-order valence-electron chi connectivity index (χ0n) is 12.6. The molecule has 0 spiro atoms. The third kappa shape index (κ3) is 12.0. The van der Waals surface area contributed by atoms with Gasteiger partial charge in [-0.3, -0.25) is 0 Å². The van der Waals surface area contributed by atoms with Gasteiger partial charge < -0.3 is 0 Å². The quantitative estimate of drug-likeness (QED) is 0.263. The summed E-state index contributed by atoms with van der Waals surface area (Å²) in [4.78, 5) is 0. The second kappa shape index (κ2) is 13.8. The first kappa shape index (κ1) is 16.7. The lowest BCUT2D eigenvalue weighted by Gasteiger charge is -2.06. The van der Waals surface area contributed by atoms with Crippen molar-refractivity contribution in [3.63, 3.8) is 0 Å². The standard InChI is InChI=1S/C17H34/c1-4-7-9-10-11-13-16-17(14-6-3)15-12-8-5-2/h15H,4-14,16H2,1-3H3/b17-15+. The second-order valence-corrected chi connectivity index (χ2v) is 5.27. The van der Waals surface area contributed by atoms with Crippen LogP contribution >= 0.6 is 0 Å². The molecule has 0 fully saturated rings. The summed E-state index contributed by atoms with van der Waals surface area (Å²) in [5.74, 6) is 0. The molecule has 0 aromatic carbocycles. The highest BCUT2D eigenvalue weighted by Crippen LogP contribution is 2.17. The molecule has 17 heavy (non-hydrogen) atoms. The van der Waals surface area contributed by atoms with Crippen LogP contribution in [0, 0.1) is 0 Å². The van der Waals surface area contributed by atoms with Crippen LogP contribution in [0.3, 0.4) is 0 Å². The molecule has 0 atom stereocenters. The fraction of sp³-hybridized carbons (Fsp3) is 0.882. The van der Waals surface area contributed by atoms with Crippen molar-refractivity contribution in [3.05, 3.63) is 11.6 Å². The number of hydrogen-bond acceptors (Lipinski definition) is 0. The molecule has 0 nitrogen and oxygen atoms in total. The van der Waals surface area contributed by atoms with Crippen molar-refractivity contribution < 1.29 is 0 Å². The van der Waals surface area contributed by atoms with Crippen molar-refractivity contribution in [2.45, 2.75) is 97.8 Å². The summed E-state index contributed by atoms with van der Waals surface area (Å²) in [6.45, 7) is 6.87. The lowest BCUT2D eigenvalue weighted by Crippen LogP contribution is -1.86. The summed E-state index contributed by atoms with van der Waals surface area (Å²) in [5, 5.41) is 0. The topological polar surface area (TPSA) is 0 Å². The molecule has 0 aromatic heterocycles. The van der Waals surface area contributed by atoms with Crippen LogP contribution in [0.25, 0.3) is 0 Å². The molecule has 0 radical (unpaired) electrons. The Kier molecular flexibility index (Phi) is 13.6.